The molecule has 0 radical (unpaired) electrons. The number of amides is 2. The molecule has 5 nitrogen and oxygen atoms in total. The fourth-order valence-electron chi connectivity index (χ4n) is 1.83. The van der Waals surface area contributed by atoms with Crippen LogP contribution >= 0.6 is 22.9 Å². The lowest BCUT2D eigenvalue weighted by atomic mass is 10.2. The normalized spacial score (nSPS) is 10.5. The van der Waals surface area contributed by atoms with E-state index in [0.29, 0.717) is 15.7 Å². The molecule has 3 N–H and O–H groups in total. The number of halogens is 1. The number of nitrogens with one attached hydrogen (secondary N) is 1. The van der Waals surface area contributed by atoms with Crippen molar-refractivity contribution in [2.45, 2.75) is 26.2 Å². The molecule has 1 heterocycles. The van der Waals surface area contributed by atoms with Gasteiger partial charge in [-0.05, 0) is 31.0 Å². The van der Waals surface area contributed by atoms with Gasteiger partial charge in [0.25, 0.3) is 5.91 Å². The van der Waals surface area contributed by atoms with Crippen LogP contribution in [0.25, 0.3) is 0 Å². The Kier molecular flexibility index (Phi) is 5.51. The summed E-state index contributed by atoms with van der Waals surface area (Å²) in [6.07, 6.45) is 2.98. The number of nitrogens with zero attached hydrogens (tertiary/aromatic N) is 1. The van der Waals surface area contributed by atoms with E-state index in [2.05, 4.69) is 17.2 Å². The largest absolute Gasteiger partial charge is 0.366 e. The monoisotopic (exact) mass is 337 g/mol. The van der Waals surface area contributed by atoms with Crippen molar-refractivity contribution >= 4 is 40.4 Å². The van der Waals surface area contributed by atoms with Gasteiger partial charge in [0, 0.05) is 10.9 Å². The molecule has 0 bridgehead atoms. The lowest BCUT2D eigenvalue weighted by molar-refractivity contribution is 0.0996. The molecule has 1 aromatic carbocycles. The smallest absolute Gasteiger partial charge is 0.284 e. The molecule has 0 aliphatic carbocycles. The van der Waals surface area contributed by atoms with Crippen LogP contribution in [0.4, 0.5) is 5.69 Å². The van der Waals surface area contributed by atoms with E-state index in [1.165, 1.54) is 29.5 Å². The van der Waals surface area contributed by atoms with Crippen LogP contribution in [0.15, 0.2) is 23.6 Å². The average molecular weight is 338 g/mol. The lowest BCUT2D eigenvalue weighted by Gasteiger charge is -2.07. The van der Waals surface area contributed by atoms with Gasteiger partial charge in [0.15, 0.2) is 5.01 Å². The van der Waals surface area contributed by atoms with Crippen molar-refractivity contribution in [1.82, 2.24) is 4.98 Å². The maximum Gasteiger partial charge on any atom is 0.284 e. The van der Waals surface area contributed by atoms with Crippen LogP contribution in [0.1, 0.15) is 45.6 Å². The first-order valence-electron chi connectivity index (χ1n) is 6.86. The second-order valence-electron chi connectivity index (χ2n) is 4.76. The number of hydrogen-bond acceptors (Lipinski definition) is 4. The summed E-state index contributed by atoms with van der Waals surface area (Å²) in [5.74, 6) is -0.931. The summed E-state index contributed by atoms with van der Waals surface area (Å²) in [4.78, 5) is 27.7. The van der Waals surface area contributed by atoms with Gasteiger partial charge >= 0.3 is 0 Å². The van der Waals surface area contributed by atoms with Gasteiger partial charge in [-0.3, -0.25) is 9.59 Å². The van der Waals surface area contributed by atoms with Gasteiger partial charge in [-0.15, -0.1) is 11.3 Å². The summed E-state index contributed by atoms with van der Waals surface area (Å²) in [6, 6.07) is 4.48. The van der Waals surface area contributed by atoms with Crippen molar-refractivity contribution in [3.8, 4) is 0 Å². The third-order valence-electron chi connectivity index (χ3n) is 3.03. The second-order valence-corrected chi connectivity index (χ2v) is 6.03. The van der Waals surface area contributed by atoms with Gasteiger partial charge in [0.1, 0.15) is 0 Å². The highest BCUT2D eigenvalue weighted by Crippen LogP contribution is 2.24. The number of carbonyl (C=O) groups excluding carboxylic acids is 2. The number of carbonyl (C=O) groups is 2. The van der Waals surface area contributed by atoms with Crippen molar-refractivity contribution in [2.75, 3.05) is 5.32 Å². The molecule has 7 heteroatoms. The van der Waals surface area contributed by atoms with Crippen molar-refractivity contribution in [1.29, 1.82) is 0 Å². The number of primary amides is 1. The van der Waals surface area contributed by atoms with Gasteiger partial charge < -0.3 is 11.1 Å². The van der Waals surface area contributed by atoms with E-state index in [1.807, 2.05) is 5.38 Å². The molecular weight excluding hydrogens is 322 g/mol. The molecule has 22 heavy (non-hydrogen) atoms. The standard InChI is InChI=1S/C15H16ClN3O2S/c1-2-3-4-10-8-22-15(18-10)14(21)19-12-7-9(13(17)20)5-6-11(12)16/h5-8H,2-4H2,1H3,(H2,17,20)(H,19,21). The van der Waals surface area contributed by atoms with Crippen LogP contribution in [0.2, 0.25) is 5.02 Å². The van der Waals surface area contributed by atoms with Crippen LogP contribution in [0.3, 0.4) is 0 Å². The Morgan fingerprint density at radius 2 is 2.18 bits per heavy atom. The molecule has 0 saturated heterocycles. The Labute approximate surface area is 137 Å². The van der Waals surface area contributed by atoms with Crippen molar-refractivity contribution in [3.63, 3.8) is 0 Å². The number of unbranched alkanes of at least 4 members (excludes halogenated alkanes) is 1. The highest BCUT2D eigenvalue weighted by Gasteiger charge is 2.14. The second kappa shape index (κ2) is 7.38. The third kappa shape index (κ3) is 4.05. The first-order chi connectivity index (χ1) is 10.5. The topological polar surface area (TPSA) is 85.1 Å². The molecule has 0 unspecified atom stereocenters. The summed E-state index contributed by atoms with van der Waals surface area (Å²) < 4.78 is 0. The Hall–Kier alpha value is -1.92. The molecule has 0 aliphatic rings. The van der Waals surface area contributed by atoms with E-state index in [0.717, 1.165) is 25.0 Å². The summed E-state index contributed by atoms with van der Waals surface area (Å²) in [5.41, 5.74) is 6.75. The number of aromatic nitrogens is 1. The first-order valence-corrected chi connectivity index (χ1v) is 8.12. The minimum atomic E-state index is -0.580. The zero-order chi connectivity index (χ0) is 16.1. The van der Waals surface area contributed by atoms with Crippen molar-refractivity contribution in [3.05, 3.63) is 44.9 Å². The molecule has 116 valence electrons. The molecule has 0 aliphatic heterocycles. The van der Waals surface area contributed by atoms with Gasteiger partial charge in [-0.25, -0.2) is 4.98 Å². The number of rotatable bonds is 6. The number of hydrogen-bond donors (Lipinski definition) is 2. The fourth-order valence-corrected chi connectivity index (χ4v) is 2.75. The van der Waals surface area contributed by atoms with Crippen LogP contribution in [-0.2, 0) is 6.42 Å². The Bertz CT molecular complexity index is 700. The first kappa shape index (κ1) is 16.5. The lowest BCUT2D eigenvalue weighted by Crippen LogP contribution is -2.14. The van der Waals surface area contributed by atoms with Gasteiger partial charge in [-0.2, -0.15) is 0 Å². The van der Waals surface area contributed by atoms with Crippen LogP contribution in [0.5, 0.6) is 0 Å². The molecule has 0 fully saturated rings. The summed E-state index contributed by atoms with van der Waals surface area (Å²) in [6.45, 7) is 2.10. The SMILES string of the molecule is CCCCc1csc(C(=O)Nc2cc(C(N)=O)ccc2Cl)n1. The minimum Gasteiger partial charge on any atom is -0.366 e. The van der Waals surface area contributed by atoms with E-state index >= 15 is 0 Å². The highest BCUT2D eigenvalue weighted by molar-refractivity contribution is 7.11. The maximum absolute atomic E-state index is 12.2. The summed E-state index contributed by atoms with van der Waals surface area (Å²) in [5, 5.41) is 5.24. The van der Waals surface area contributed by atoms with Crippen LogP contribution in [-0.4, -0.2) is 16.8 Å². The zero-order valence-corrected chi connectivity index (χ0v) is 13.6. The van der Waals surface area contributed by atoms with E-state index in [1.54, 1.807) is 0 Å². The van der Waals surface area contributed by atoms with E-state index in [9.17, 15) is 9.59 Å². The Balaban J connectivity index is 2.13. The van der Waals surface area contributed by atoms with Crippen LogP contribution in [0, 0.1) is 0 Å². The third-order valence-corrected chi connectivity index (χ3v) is 4.25. The van der Waals surface area contributed by atoms with E-state index in [-0.39, 0.29) is 11.5 Å². The predicted molar refractivity (Wildman–Crippen MR) is 88.6 cm³/mol. The van der Waals surface area contributed by atoms with Gasteiger partial charge in [0.2, 0.25) is 5.91 Å². The molecule has 2 rings (SSSR count). The number of anilines is 1. The van der Waals surface area contributed by atoms with Crippen molar-refractivity contribution in [2.24, 2.45) is 5.73 Å². The number of benzene rings is 1. The zero-order valence-electron chi connectivity index (χ0n) is 12.1. The average Bonchev–Trinajstić information content (AvgIpc) is 2.96. The minimum absolute atomic E-state index is 0.280. The quantitative estimate of drug-likeness (QED) is 0.846. The highest BCUT2D eigenvalue weighted by atomic mass is 35.5. The molecule has 1 aromatic heterocycles. The number of aryl methyl sites for hydroxylation is 1. The summed E-state index contributed by atoms with van der Waals surface area (Å²) in [7, 11) is 0. The number of nitrogens with two attached hydrogens (primary N) is 1. The molecule has 2 aromatic rings. The number of thiazole rings is 1. The summed E-state index contributed by atoms with van der Waals surface area (Å²) >= 11 is 7.31. The molecular formula is C15H16ClN3O2S. The molecule has 0 saturated carbocycles. The van der Waals surface area contributed by atoms with Gasteiger partial charge in [-0.1, -0.05) is 24.9 Å². The van der Waals surface area contributed by atoms with E-state index < -0.39 is 5.91 Å². The maximum atomic E-state index is 12.2. The van der Waals surface area contributed by atoms with Crippen molar-refractivity contribution < 1.29 is 9.59 Å². The Morgan fingerprint density at radius 3 is 2.86 bits per heavy atom. The fraction of sp³-hybridized carbons (Fsp3) is 0.267. The molecule has 2 amide bonds. The predicted octanol–water partition coefficient (Wildman–Crippen LogP) is 3.49. The Morgan fingerprint density at radius 1 is 1.41 bits per heavy atom. The van der Waals surface area contributed by atoms with E-state index in [4.69, 9.17) is 17.3 Å². The molecule has 0 spiro atoms. The van der Waals surface area contributed by atoms with Crippen LogP contribution < -0.4 is 11.1 Å². The molecule has 0 atom stereocenters. The van der Waals surface area contributed by atoms with Gasteiger partial charge in [0.05, 0.1) is 16.4 Å².